The molecule has 5 amide bonds. The molecule has 288 valence electrons. The minimum absolute atomic E-state index is 0.0707. The Morgan fingerprint density at radius 2 is 1.60 bits per heavy atom. The van der Waals surface area contributed by atoms with E-state index >= 15 is 0 Å². The van der Waals surface area contributed by atoms with E-state index in [1.165, 1.54) is 62.1 Å². The molecule has 4 aliphatic carbocycles. The van der Waals surface area contributed by atoms with Gasteiger partial charge in [0.15, 0.2) is 0 Å². The molecule has 1 aliphatic heterocycles. The molecule has 5 unspecified atom stereocenters. The van der Waals surface area contributed by atoms with Crippen LogP contribution in [0, 0.1) is 35.0 Å². The third-order valence-electron chi connectivity index (χ3n) is 13.3. The van der Waals surface area contributed by atoms with Gasteiger partial charge in [0, 0.05) is 19.1 Å². The molecule has 10 nitrogen and oxygen atoms in total. The number of hydrogen-bond donors (Lipinski definition) is 4. The van der Waals surface area contributed by atoms with Crippen molar-refractivity contribution in [3.63, 3.8) is 0 Å². The van der Waals surface area contributed by atoms with Gasteiger partial charge in [-0.1, -0.05) is 95.2 Å². The van der Waals surface area contributed by atoms with Crippen molar-refractivity contribution in [3.8, 4) is 0 Å². The van der Waals surface area contributed by atoms with Gasteiger partial charge in [-0.3, -0.25) is 19.2 Å². The van der Waals surface area contributed by atoms with Gasteiger partial charge in [0.25, 0.3) is 5.91 Å². The van der Waals surface area contributed by atoms with Gasteiger partial charge in [0.05, 0.1) is 6.04 Å². The molecule has 1 aromatic carbocycles. The van der Waals surface area contributed by atoms with E-state index in [4.69, 9.17) is 0 Å². The Kier molecular flexibility index (Phi) is 12.4. The fourth-order valence-electron chi connectivity index (χ4n) is 10.3. The second kappa shape index (κ2) is 17.0. The van der Waals surface area contributed by atoms with Crippen molar-refractivity contribution < 1.29 is 24.0 Å². The summed E-state index contributed by atoms with van der Waals surface area (Å²) in [6.07, 6.45) is 17.2. The third kappa shape index (κ3) is 8.89. The molecule has 0 bridgehead atoms. The minimum atomic E-state index is -1.07. The number of rotatable bonds is 15. The largest absolute Gasteiger partial charge is 0.346 e. The van der Waals surface area contributed by atoms with Crippen LogP contribution in [0.15, 0.2) is 49.6 Å². The van der Waals surface area contributed by atoms with Crippen molar-refractivity contribution in [2.45, 2.75) is 128 Å². The number of benzene rings is 1. The van der Waals surface area contributed by atoms with Gasteiger partial charge in [-0.15, -0.1) is 13.2 Å². The molecule has 0 spiro atoms. The average Bonchev–Trinajstić information content (AvgIpc) is 3.50. The molecule has 53 heavy (non-hydrogen) atoms. The first kappa shape index (κ1) is 38.8. The number of ketones is 1. The molecule has 4 fully saturated rings. The summed E-state index contributed by atoms with van der Waals surface area (Å²) in [5, 5.41) is 11.8. The predicted molar refractivity (Wildman–Crippen MR) is 206 cm³/mol. The average molecular weight is 728 g/mol. The molecule has 1 heterocycles. The van der Waals surface area contributed by atoms with Crippen LogP contribution in [0.25, 0.3) is 0 Å². The number of allylic oxidation sites excluding steroid dienone is 1. The number of carbonyl (C=O) groups is 5. The Morgan fingerprint density at radius 1 is 0.906 bits per heavy atom. The van der Waals surface area contributed by atoms with Gasteiger partial charge in [-0.2, -0.15) is 0 Å². The highest BCUT2D eigenvalue weighted by atomic mass is 16.2. The van der Waals surface area contributed by atoms with Gasteiger partial charge in [0.1, 0.15) is 12.1 Å². The van der Waals surface area contributed by atoms with Gasteiger partial charge in [0.2, 0.25) is 17.6 Å². The number of carbonyl (C=O) groups excluding carboxylic acids is 5. The Balaban J connectivity index is 1.18. The number of urea groups is 1. The minimum Gasteiger partial charge on any atom is -0.346 e. The quantitative estimate of drug-likeness (QED) is 0.142. The van der Waals surface area contributed by atoms with E-state index in [-0.39, 0.29) is 54.1 Å². The lowest BCUT2D eigenvalue weighted by molar-refractivity contribution is -0.144. The molecule has 4 N–H and O–H groups in total. The van der Waals surface area contributed by atoms with E-state index in [9.17, 15) is 24.0 Å². The number of nitrogens with one attached hydrogen (secondary N) is 4. The van der Waals surface area contributed by atoms with Gasteiger partial charge in [-0.05, 0) is 91.1 Å². The third-order valence-corrected chi connectivity index (χ3v) is 13.3. The molecule has 3 saturated carbocycles. The van der Waals surface area contributed by atoms with Crippen LogP contribution < -0.4 is 21.3 Å². The molecule has 0 aromatic heterocycles. The van der Waals surface area contributed by atoms with Crippen LogP contribution >= 0.6 is 0 Å². The summed E-state index contributed by atoms with van der Waals surface area (Å²) < 4.78 is 0. The van der Waals surface area contributed by atoms with Crippen molar-refractivity contribution in [1.29, 1.82) is 0 Å². The lowest BCUT2D eigenvalue weighted by Gasteiger charge is -2.36. The van der Waals surface area contributed by atoms with E-state index in [1.807, 2.05) is 12.1 Å². The number of hydrogen-bond acceptors (Lipinski definition) is 5. The molecule has 1 saturated heterocycles. The van der Waals surface area contributed by atoms with Crippen molar-refractivity contribution in [1.82, 2.24) is 26.2 Å². The molecular formula is C43H61N5O5. The summed E-state index contributed by atoms with van der Waals surface area (Å²) in [6, 6.07) is 5.20. The fraction of sp³-hybridized carbons (Fsp3) is 0.651. The standard InChI is InChI=1S/C43H61N5O5/c1-5-7-20-34(38(49)40(51)44-21-6-2)46-39(50)37-35-33(43(35,3)4)26-48(37)41(52)36(31-24-29-17-11-12-18-30(29)25-31)47-42(53)45-32-19-13-16-28(23-32)22-27-14-9-8-10-15-27/h5-6,11-12,17-18,27-28,31-37H,1-2,7-10,13-16,19-26H2,3-4H3,(H,44,51)(H,46,50)(H2,45,47,53)/t28?,32?,33?,34?,35?,36-,37-/m0/s1. The van der Waals surface area contributed by atoms with Gasteiger partial charge >= 0.3 is 6.03 Å². The lowest BCUT2D eigenvalue weighted by atomic mass is 9.76. The molecular weight excluding hydrogens is 667 g/mol. The van der Waals surface area contributed by atoms with Crippen LogP contribution in [0.5, 0.6) is 0 Å². The van der Waals surface area contributed by atoms with Crippen LogP contribution in [0.2, 0.25) is 0 Å². The van der Waals surface area contributed by atoms with Crippen LogP contribution in [0.1, 0.15) is 102 Å². The first-order valence-corrected chi connectivity index (χ1v) is 20.3. The lowest BCUT2D eigenvalue weighted by Crippen LogP contribution is -2.60. The number of nitrogens with zero attached hydrogens (tertiary/aromatic N) is 1. The first-order chi connectivity index (χ1) is 25.5. The molecule has 5 aliphatic rings. The zero-order valence-electron chi connectivity index (χ0n) is 31.9. The van der Waals surface area contributed by atoms with Crippen molar-refractivity contribution >= 4 is 29.5 Å². The maximum absolute atomic E-state index is 14.8. The van der Waals surface area contributed by atoms with Crippen molar-refractivity contribution in [3.05, 3.63) is 60.7 Å². The number of likely N-dealkylation sites (tertiary alicyclic amines) is 1. The zero-order valence-corrected chi connectivity index (χ0v) is 31.9. The van der Waals surface area contributed by atoms with E-state index in [0.717, 1.165) is 25.2 Å². The number of piperidine rings is 1. The Hall–Kier alpha value is -3.95. The summed E-state index contributed by atoms with van der Waals surface area (Å²) in [4.78, 5) is 70.5. The smallest absolute Gasteiger partial charge is 0.315 e. The number of amides is 5. The SMILES string of the molecule is C=CCCC(NC(=O)[C@@H]1C2C(CN1C(=O)[C@@H](NC(=O)NC1CCCC(CC3CCCCC3)C1)C1Cc3ccccc3C1)C2(C)C)C(=O)C(=O)NCC=C. The molecule has 6 rings (SSSR count). The monoisotopic (exact) mass is 727 g/mol. The second-order valence-electron chi connectivity index (χ2n) is 17.2. The van der Waals surface area contributed by atoms with Crippen LogP contribution in [-0.2, 0) is 32.0 Å². The zero-order chi connectivity index (χ0) is 37.7. The first-order valence-electron chi connectivity index (χ1n) is 20.3. The Labute approximate surface area is 315 Å². The topological polar surface area (TPSA) is 137 Å². The Morgan fingerprint density at radius 3 is 2.28 bits per heavy atom. The van der Waals surface area contributed by atoms with E-state index < -0.39 is 35.7 Å². The van der Waals surface area contributed by atoms with Crippen LogP contribution in [0.3, 0.4) is 0 Å². The van der Waals surface area contributed by atoms with E-state index in [1.54, 1.807) is 11.0 Å². The van der Waals surface area contributed by atoms with Crippen LogP contribution in [0.4, 0.5) is 4.79 Å². The predicted octanol–water partition coefficient (Wildman–Crippen LogP) is 5.40. The second-order valence-corrected chi connectivity index (χ2v) is 17.2. The van der Waals surface area contributed by atoms with Gasteiger partial charge in [-0.25, -0.2) is 4.79 Å². The highest BCUT2D eigenvalue weighted by molar-refractivity contribution is 6.38. The molecule has 7 atom stereocenters. The fourth-order valence-corrected chi connectivity index (χ4v) is 10.3. The summed E-state index contributed by atoms with van der Waals surface area (Å²) in [7, 11) is 0. The highest BCUT2D eigenvalue weighted by Crippen LogP contribution is 2.65. The normalized spacial score (nSPS) is 27.4. The summed E-state index contributed by atoms with van der Waals surface area (Å²) >= 11 is 0. The maximum Gasteiger partial charge on any atom is 0.315 e. The molecule has 10 heteroatoms. The molecule has 0 radical (unpaired) electrons. The molecule has 1 aromatic rings. The van der Waals surface area contributed by atoms with Crippen LogP contribution in [-0.4, -0.2) is 71.7 Å². The van der Waals surface area contributed by atoms with Gasteiger partial charge < -0.3 is 26.2 Å². The number of Topliss-reactive ketones (excluding diaryl/α,β-unsaturated/α-hetero) is 1. The van der Waals surface area contributed by atoms with Crippen molar-refractivity contribution in [2.75, 3.05) is 13.1 Å². The van der Waals surface area contributed by atoms with E-state index in [2.05, 4.69) is 60.4 Å². The highest BCUT2D eigenvalue weighted by Gasteiger charge is 2.69. The maximum atomic E-state index is 14.8. The van der Waals surface area contributed by atoms with E-state index in [0.29, 0.717) is 31.7 Å². The number of fused-ring (bicyclic) bond motifs is 2. The summed E-state index contributed by atoms with van der Waals surface area (Å²) in [5.74, 6) is -0.983. The Bertz CT molecular complexity index is 1530. The summed E-state index contributed by atoms with van der Waals surface area (Å²) in [5.41, 5.74) is 2.18. The van der Waals surface area contributed by atoms with Crippen molar-refractivity contribution in [2.24, 2.45) is 35.0 Å². The summed E-state index contributed by atoms with van der Waals surface area (Å²) in [6.45, 7) is 12.1.